The first-order chi connectivity index (χ1) is 13.3. The molecule has 0 saturated heterocycles. The molecule has 0 spiro atoms. The van der Waals surface area contributed by atoms with Crippen molar-refractivity contribution in [2.24, 2.45) is 0 Å². The zero-order valence-corrected chi connectivity index (χ0v) is 15.8. The summed E-state index contributed by atoms with van der Waals surface area (Å²) in [5, 5.41) is 3.45. The molecule has 2 heterocycles. The molecule has 0 saturated carbocycles. The summed E-state index contributed by atoms with van der Waals surface area (Å²) in [6, 6.07) is 4.80. The van der Waals surface area contributed by atoms with Gasteiger partial charge in [0.15, 0.2) is 0 Å². The lowest BCUT2D eigenvalue weighted by Crippen LogP contribution is -2.09. The van der Waals surface area contributed by atoms with E-state index in [1.54, 1.807) is 6.92 Å². The maximum atomic E-state index is 12.9. The van der Waals surface area contributed by atoms with Crippen molar-refractivity contribution in [1.29, 1.82) is 0 Å². The molecule has 0 atom stereocenters. The molecular formula is C18H16F3N3O3S. The highest BCUT2D eigenvalue weighted by Gasteiger charge is 2.30. The SMILES string of the molecule is COCCOC(=O)c1sc2ncnc(Nc3cccc(C(F)(F)F)c3)c2c1C. The number of methoxy groups -OCH3 is 1. The molecule has 0 amide bonds. The lowest BCUT2D eigenvalue weighted by molar-refractivity contribution is -0.137. The van der Waals surface area contributed by atoms with Crippen LogP contribution in [0, 0.1) is 6.92 Å². The first-order valence-corrected chi connectivity index (χ1v) is 8.97. The van der Waals surface area contributed by atoms with Crippen molar-refractivity contribution in [2.45, 2.75) is 13.1 Å². The highest BCUT2D eigenvalue weighted by atomic mass is 32.1. The minimum Gasteiger partial charge on any atom is -0.459 e. The maximum absolute atomic E-state index is 12.9. The zero-order chi connectivity index (χ0) is 20.3. The fraction of sp³-hybridized carbons (Fsp3) is 0.278. The molecule has 0 aliphatic rings. The van der Waals surface area contributed by atoms with Crippen LogP contribution >= 0.6 is 11.3 Å². The van der Waals surface area contributed by atoms with Gasteiger partial charge in [0.1, 0.15) is 28.5 Å². The standard InChI is InChI=1S/C18H16F3N3O3S/c1-10-13-15(24-12-5-3-4-11(8-12)18(19,20)21)22-9-23-16(13)28-14(10)17(25)27-7-6-26-2/h3-5,8-9H,6-7H2,1-2H3,(H,22,23,24). The predicted molar refractivity (Wildman–Crippen MR) is 99.0 cm³/mol. The molecule has 0 fully saturated rings. The second-order valence-corrected chi connectivity index (χ2v) is 6.79. The second kappa shape index (κ2) is 8.11. The number of carbonyl (C=O) groups is 1. The number of aromatic nitrogens is 2. The van der Waals surface area contributed by atoms with Crippen molar-refractivity contribution in [2.75, 3.05) is 25.6 Å². The number of ether oxygens (including phenoxy) is 2. The van der Waals surface area contributed by atoms with Crippen LogP contribution < -0.4 is 5.32 Å². The first kappa shape index (κ1) is 20.0. The first-order valence-electron chi connectivity index (χ1n) is 8.15. The van der Waals surface area contributed by atoms with E-state index in [0.717, 1.165) is 23.5 Å². The predicted octanol–water partition coefficient (Wildman–Crippen LogP) is 4.57. The molecule has 0 aliphatic heterocycles. The highest BCUT2D eigenvalue weighted by Crippen LogP contribution is 2.36. The molecule has 3 rings (SSSR count). The average Bonchev–Trinajstić information content (AvgIpc) is 2.99. The van der Waals surface area contributed by atoms with E-state index in [1.807, 2.05) is 0 Å². The number of carbonyl (C=O) groups excluding carboxylic acids is 1. The lowest BCUT2D eigenvalue weighted by atomic mass is 10.1. The van der Waals surface area contributed by atoms with E-state index in [1.165, 1.54) is 25.6 Å². The summed E-state index contributed by atoms with van der Waals surface area (Å²) in [5.41, 5.74) is 0.0504. The zero-order valence-electron chi connectivity index (χ0n) is 15.0. The van der Waals surface area contributed by atoms with Crippen LogP contribution in [0.4, 0.5) is 24.7 Å². The fourth-order valence-corrected chi connectivity index (χ4v) is 3.60. The van der Waals surface area contributed by atoms with Crippen molar-refractivity contribution >= 4 is 39.0 Å². The quantitative estimate of drug-likeness (QED) is 0.473. The number of nitrogens with zero attached hydrogens (tertiary/aromatic N) is 2. The average molecular weight is 411 g/mol. The number of hydrogen-bond acceptors (Lipinski definition) is 7. The Bertz CT molecular complexity index is 1000. The van der Waals surface area contributed by atoms with Crippen LogP contribution in [0.5, 0.6) is 0 Å². The molecule has 0 bridgehead atoms. The van der Waals surface area contributed by atoms with Crippen molar-refractivity contribution in [3.05, 3.63) is 46.6 Å². The van der Waals surface area contributed by atoms with Crippen LogP contribution in [-0.2, 0) is 15.7 Å². The largest absolute Gasteiger partial charge is 0.459 e. The minimum atomic E-state index is -4.45. The van der Waals surface area contributed by atoms with Gasteiger partial charge in [-0.2, -0.15) is 13.2 Å². The number of nitrogens with one attached hydrogen (secondary N) is 1. The molecule has 0 unspecified atom stereocenters. The third kappa shape index (κ3) is 4.23. The smallest absolute Gasteiger partial charge is 0.416 e. The molecule has 1 N–H and O–H groups in total. The van der Waals surface area contributed by atoms with Gasteiger partial charge in [0, 0.05) is 12.8 Å². The van der Waals surface area contributed by atoms with Crippen LogP contribution in [0.3, 0.4) is 0 Å². The molecule has 28 heavy (non-hydrogen) atoms. The summed E-state index contributed by atoms with van der Waals surface area (Å²) in [6.07, 6.45) is -3.16. The molecular weight excluding hydrogens is 395 g/mol. The van der Waals surface area contributed by atoms with Gasteiger partial charge < -0.3 is 14.8 Å². The number of aryl methyl sites for hydroxylation is 1. The fourth-order valence-electron chi connectivity index (χ4n) is 2.55. The van der Waals surface area contributed by atoms with E-state index >= 15 is 0 Å². The van der Waals surface area contributed by atoms with Gasteiger partial charge in [-0.15, -0.1) is 11.3 Å². The number of anilines is 2. The van der Waals surface area contributed by atoms with Crippen molar-refractivity contribution < 1.29 is 27.4 Å². The number of fused-ring (bicyclic) bond motifs is 1. The summed E-state index contributed by atoms with van der Waals surface area (Å²) >= 11 is 1.14. The number of esters is 1. The third-order valence-electron chi connectivity index (χ3n) is 3.89. The van der Waals surface area contributed by atoms with Crippen molar-refractivity contribution in [3.8, 4) is 0 Å². The van der Waals surface area contributed by atoms with Gasteiger partial charge in [-0.05, 0) is 30.7 Å². The number of hydrogen-bond donors (Lipinski definition) is 1. The van der Waals surface area contributed by atoms with E-state index in [-0.39, 0.29) is 18.9 Å². The summed E-state index contributed by atoms with van der Waals surface area (Å²) in [7, 11) is 1.50. The van der Waals surface area contributed by atoms with Crippen molar-refractivity contribution in [1.82, 2.24) is 9.97 Å². The third-order valence-corrected chi connectivity index (χ3v) is 5.07. The van der Waals surface area contributed by atoms with Crippen LogP contribution in [0.25, 0.3) is 10.2 Å². The Morgan fingerprint density at radius 1 is 1.25 bits per heavy atom. The van der Waals surface area contributed by atoms with Crippen LogP contribution in [-0.4, -0.2) is 36.3 Å². The monoisotopic (exact) mass is 411 g/mol. The number of halogens is 3. The summed E-state index contributed by atoms with van der Waals surface area (Å²) in [4.78, 5) is 21.5. The number of benzene rings is 1. The Hall–Kier alpha value is -2.72. The van der Waals surface area contributed by atoms with Gasteiger partial charge in [0.2, 0.25) is 0 Å². The minimum absolute atomic E-state index is 0.115. The van der Waals surface area contributed by atoms with Gasteiger partial charge in [0.05, 0.1) is 17.6 Å². The van der Waals surface area contributed by atoms with Crippen LogP contribution in [0.15, 0.2) is 30.6 Å². The molecule has 2 aromatic heterocycles. The number of thiophene rings is 1. The Morgan fingerprint density at radius 3 is 2.75 bits per heavy atom. The molecule has 3 aromatic rings. The Morgan fingerprint density at radius 2 is 2.04 bits per heavy atom. The van der Waals surface area contributed by atoms with Gasteiger partial charge in [-0.3, -0.25) is 0 Å². The molecule has 0 aliphatic carbocycles. The van der Waals surface area contributed by atoms with Gasteiger partial charge in [0.25, 0.3) is 0 Å². The Balaban J connectivity index is 1.94. The summed E-state index contributed by atoms with van der Waals surface area (Å²) in [5.74, 6) is -0.198. The van der Waals surface area contributed by atoms with E-state index in [2.05, 4.69) is 15.3 Å². The van der Waals surface area contributed by atoms with E-state index in [4.69, 9.17) is 9.47 Å². The summed E-state index contributed by atoms with van der Waals surface area (Å²) < 4.78 is 48.8. The molecule has 10 heteroatoms. The van der Waals surface area contributed by atoms with E-state index in [9.17, 15) is 18.0 Å². The van der Waals surface area contributed by atoms with Crippen molar-refractivity contribution in [3.63, 3.8) is 0 Å². The van der Waals surface area contributed by atoms with Gasteiger partial charge in [-0.1, -0.05) is 6.07 Å². The van der Waals surface area contributed by atoms with Gasteiger partial charge >= 0.3 is 12.1 Å². The number of alkyl halides is 3. The topological polar surface area (TPSA) is 73.3 Å². The lowest BCUT2D eigenvalue weighted by Gasteiger charge is -2.11. The molecule has 1 aromatic carbocycles. The second-order valence-electron chi connectivity index (χ2n) is 5.79. The normalized spacial score (nSPS) is 11.6. The molecule has 148 valence electrons. The van der Waals surface area contributed by atoms with Crippen LogP contribution in [0.1, 0.15) is 20.8 Å². The van der Waals surface area contributed by atoms with E-state index in [0.29, 0.717) is 26.5 Å². The van der Waals surface area contributed by atoms with Crippen LogP contribution in [0.2, 0.25) is 0 Å². The van der Waals surface area contributed by atoms with E-state index < -0.39 is 17.7 Å². The van der Waals surface area contributed by atoms with Gasteiger partial charge in [-0.25, -0.2) is 14.8 Å². The Kier molecular flexibility index (Phi) is 5.80. The molecule has 6 nitrogen and oxygen atoms in total. The molecule has 0 radical (unpaired) electrons. The Labute approximate surface area is 162 Å². The maximum Gasteiger partial charge on any atom is 0.416 e. The summed E-state index contributed by atoms with van der Waals surface area (Å²) in [6.45, 7) is 2.11. The highest BCUT2D eigenvalue weighted by molar-refractivity contribution is 7.20. The number of rotatable bonds is 6.